The predicted molar refractivity (Wildman–Crippen MR) is 126 cm³/mol. The number of hydrogen-bond acceptors (Lipinski definition) is 9. The van der Waals surface area contributed by atoms with E-state index in [4.69, 9.17) is 37.9 Å². The van der Waals surface area contributed by atoms with Gasteiger partial charge in [-0.25, -0.2) is 0 Å². The first kappa shape index (κ1) is 29.9. The van der Waals surface area contributed by atoms with E-state index < -0.39 is 11.7 Å². The SMILES string of the molecule is CCOC(C)OCCC[C@@H]1O[C@@H]2CC[C@](C)(OCOC)[C@@H](CCCOCOC)O[C@H]2CC[C@H]1O. The van der Waals surface area contributed by atoms with Crippen LogP contribution in [0.15, 0.2) is 0 Å². The van der Waals surface area contributed by atoms with Gasteiger partial charge < -0.3 is 43.0 Å². The fourth-order valence-corrected chi connectivity index (χ4v) is 4.79. The zero-order valence-electron chi connectivity index (χ0n) is 21.9. The van der Waals surface area contributed by atoms with E-state index in [1.807, 2.05) is 13.8 Å². The minimum Gasteiger partial charge on any atom is -0.390 e. The average molecular weight is 493 g/mol. The van der Waals surface area contributed by atoms with Gasteiger partial charge >= 0.3 is 0 Å². The Labute approximate surface area is 205 Å². The summed E-state index contributed by atoms with van der Waals surface area (Å²) in [5, 5.41) is 10.8. The second-order valence-electron chi connectivity index (χ2n) is 9.42. The van der Waals surface area contributed by atoms with Gasteiger partial charge in [0.1, 0.15) is 13.6 Å². The highest BCUT2D eigenvalue weighted by atomic mass is 16.7. The van der Waals surface area contributed by atoms with Crippen molar-refractivity contribution in [3.63, 3.8) is 0 Å². The molecule has 2 saturated heterocycles. The monoisotopic (exact) mass is 492 g/mol. The maximum absolute atomic E-state index is 10.8. The summed E-state index contributed by atoms with van der Waals surface area (Å²) in [5.41, 5.74) is -0.482. The van der Waals surface area contributed by atoms with Gasteiger partial charge in [0.15, 0.2) is 6.29 Å². The Morgan fingerprint density at radius 1 is 0.941 bits per heavy atom. The Bertz CT molecular complexity index is 523. The van der Waals surface area contributed by atoms with Gasteiger partial charge in [0, 0.05) is 34.0 Å². The van der Waals surface area contributed by atoms with Crippen molar-refractivity contribution >= 4 is 0 Å². The molecule has 0 aromatic heterocycles. The summed E-state index contributed by atoms with van der Waals surface area (Å²) in [4.78, 5) is 0. The van der Waals surface area contributed by atoms with E-state index in [1.165, 1.54) is 0 Å². The van der Waals surface area contributed by atoms with Crippen LogP contribution in [0.5, 0.6) is 0 Å². The molecule has 1 unspecified atom stereocenters. The first-order valence-electron chi connectivity index (χ1n) is 12.8. The second kappa shape index (κ2) is 16.4. The molecule has 0 aromatic rings. The third kappa shape index (κ3) is 9.95. The van der Waals surface area contributed by atoms with E-state index >= 15 is 0 Å². The minimum atomic E-state index is -0.503. The number of fused-ring (bicyclic) bond motifs is 1. The number of aliphatic hydroxyl groups excluding tert-OH is 1. The van der Waals surface area contributed by atoms with Gasteiger partial charge in [0.05, 0.1) is 36.1 Å². The smallest absolute Gasteiger partial charge is 0.154 e. The zero-order valence-corrected chi connectivity index (χ0v) is 21.9. The normalized spacial score (nSPS) is 33.2. The Morgan fingerprint density at radius 2 is 1.68 bits per heavy atom. The Morgan fingerprint density at radius 3 is 2.41 bits per heavy atom. The maximum Gasteiger partial charge on any atom is 0.154 e. The largest absolute Gasteiger partial charge is 0.390 e. The molecular weight excluding hydrogens is 444 g/mol. The quantitative estimate of drug-likeness (QED) is 0.257. The molecule has 0 aliphatic carbocycles. The summed E-state index contributed by atoms with van der Waals surface area (Å²) in [5.74, 6) is 0. The van der Waals surface area contributed by atoms with Crippen molar-refractivity contribution in [2.75, 3.05) is 47.6 Å². The van der Waals surface area contributed by atoms with Crippen LogP contribution in [0.4, 0.5) is 0 Å². The molecule has 2 aliphatic heterocycles. The van der Waals surface area contributed by atoms with Crippen molar-refractivity contribution in [2.24, 2.45) is 0 Å². The second-order valence-corrected chi connectivity index (χ2v) is 9.42. The van der Waals surface area contributed by atoms with Crippen molar-refractivity contribution in [1.29, 1.82) is 0 Å². The molecule has 2 fully saturated rings. The molecule has 9 heteroatoms. The van der Waals surface area contributed by atoms with Gasteiger partial charge in [0.2, 0.25) is 0 Å². The van der Waals surface area contributed by atoms with Gasteiger partial charge in [-0.2, -0.15) is 0 Å². The first-order chi connectivity index (χ1) is 16.4. The third-order valence-electron chi connectivity index (χ3n) is 6.74. The van der Waals surface area contributed by atoms with E-state index in [2.05, 4.69) is 6.92 Å². The highest BCUT2D eigenvalue weighted by molar-refractivity contribution is 4.94. The molecule has 0 radical (unpaired) electrons. The average Bonchev–Trinajstić information content (AvgIpc) is 3.04. The third-order valence-corrected chi connectivity index (χ3v) is 6.74. The van der Waals surface area contributed by atoms with Crippen molar-refractivity contribution in [1.82, 2.24) is 0 Å². The molecule has 0 spiro atoms. The summed E-state index contributed by atoms with van der Waals surface area (Å²) in [6.07, 6.45) is 4.97. The fourth-order valence-electron chi connectivity index (χ4n) is 4.79. The lowest BCUT2D eigenvalue weighted by Gasteiger charge is -2.36. The summed E-state index contributed by atoms with van der Waals surface area (Å²) in [7, 11) is 3.25. The van der Waals surface area contributed by atoms with Crippen LogP contribution >= 0.6 is 0 Å². The molecule has 0 aromatic carbocycles. The number of methoxy groups -OCH3 is 2. The lowest BCUT2D eigenvalue weighted by atomic mass is 9.90. The maximum atomic E-state index is 10.8. The van der Waals surface area contributed by atoms with Crippen LogP contribution in [-0.4, -0.2) is 95.1 Å². The van der Waals surface area contributed by atoms with Crippen LogP contribution in [0.2, 0.25) is 0 Å². The molecule has 34 heavy (non-hydrogen) atoms. The van der Waals surface area contributed by atoms with E-state index in [1.54, 1.807) is 14.2 Å². The van der Waals surface area contributed by atoms with Gasteiger partial charge in [-0.3, -0.25) is 0 Å². The van der Waals surface area contributed by atoms with Gasteiger partial charge in [-0.05, 0) is 72.1 Å². The molecule has 202 valence electrons. The van der Waals surface area contributed by atoms with Crippen molar-refractivity contribution in [3.8, 4) is 0 Å². The van der Waals surface area contributed by atoms with Crippen LogP contribution in [0, 0.1) is 0 Å². The summed E-state index contributed by atoms with van der Waals surface area (Å²) >= 11 is 0. The van der Waals surface area contributed by atoms with E-state index in [0.717, 1.165) is 44.9 Å². The summed E-state index contributed by atoms with van der Waals surface area (Å²) in [6.45, 7) is 8.26. The Kier molecular flexibility index (Phi) is 14.4. The topological polar surface area (TPSA) is 94.1 Å². The van der Waals surface area contributed by atoms with Crippen molar-refractivity contribution in [2.45, 2.75) is 115 Å². The van der Waals surface area contributed by atoms with Crippen LogP contribution < -0.4 is 0 Å². The van der Waals surface area contributed by atoms with E-state index in [0.29, 0.717) is 26.2 Å². The molecule has 2 aliphatic rings. The molecule has 1 N–H and O–H groups in total. The molecule has 0 amide bonds. The minimum absolute atomic E-state index is 0.0771. The summed E-state index contributed by atoms with van der Waals surface area (Å²) < 4.78 is 46.0. The highest BCUT2D eigenvalue weighted by Gasteiger charge is 2.45. The molecule has 2 rings (SSSR count). The Hall–Kier alpha value is -0.360. The lowest BCUT2D eigenvalue weighted by Crippen LogP contribution is -2.44. The van der Waals surface area contributed by atoms with Crippen LogP contribution in [0.25, 0.3) is 0 Å². The van der Waals surface area contributed by atoms with Gasteiger partial charge in [0.25, 0.3) is 0 Å². The summed E-state index contributed by atoms with van der Waals surface area (Å²) in [6, 6.07) is 0. The van der Waals surface area contributed by atoms with E-state index in [-0.39, 0.29) is 44.3 Å². The predicted octanol–water partition coefficient (Wildman–Crippen LogP) is 3.40. The molecular formula is C25H48O9. The van der Waals surface area contributed by atoms with E-state index in [9.17, 15) is 5.11 Å². The molecule has 0 saturated carbocycles. The van der Waals surface area contributed by atoms with Gasteiger partial charge in [-0.1, -0.05) is 0 Å². The number of aliphatic hydroxyl groups is 1. The fraction of sp³-hybridized carbons (Fsp3) is 1.00. The number of hydrogen-bond donors (Lipinski definition) is 1. The van der Waals surface area contributed by atoms with Gasteiger partial charge in [-0.15, -0.1) is 0 Å². The number of ether oxygens (including phenoxy) is 8. The number of rotatable bonds is 16. The van der Waals surface area contributed by atoms with Crippen molar-refractivity contribution < 1.29 is 43.0 Å². The highest BCUT2D eigenvalue weighted by Crippen LogP contribution is 2.38. The Balaban J connectivity index is 1.96. The lowest BCUT2D eigenvalue weighted by molar-refractivity contribution is -0.196. The molecule has 2 heterocycles. The zero-order chi connectivity index (χ0) is 24.8. The standard InChI is InChI=1S/C25H48O9/c1-6-30-19(2)31-16-7-9-21-20(26)11-12-22-23(33-21)13-14-25(3,32-18-28-5)24(34-22)10-8-15-29-17-27-4/h19-24,26H,6-18H2,1-5H3/t19?,20-,21+,22+,23-,24-,25+/m1/s1. The van der Waals surface area contributed by atoms with Crippen LogP contribution in [0.1, 0.15) is 72.1 Å². The molecule has 7 atom stereocenters. The van der Waals surface area contributed by atoms with Crippen LogP contribution in [0.3, 0.4) is 0 Å². The van der Waals surface area contributed by atoms with Crippen molar-refractivity contribution in [3.05, 3.63) is 0 Å². The first-order valence-corrected chi connectivity index (χ1v) is 12.8. The molecule has 9 nitrogen and oxygen atoms in total. The molecule has 0 bridgehead atoms. The van der Waals surface area contributed by atoms with Crippen LogP contribution in [-0.2, 0) is 37.9 Å².